The van der Waals surface area contributed by atoms with Gasteiger partial charge in [-0.25, -0.2) is 0 Å². The molecule has 2 nitrogen and oxygen atoms in total. The van der Waals surface area contributed by atoms with Crippen LogP contribution in [-0.4, -0.2) is 12.1 Å². The standard InChI is InChI=1S/C32H52O2/c1-21(2)11-10-12-22(3)24-15-19-32(9)26-13-14-27-29(5,6)28(34-23(4)33)17-18-30(27,7)25(26)16-20-31(24,32)8/h11,13,22,24-25,27-28H,10,12,14-20H2,1-9H3/t22-,24-,25+,27-,28-,30+,31-,32+/m0/s1. The normalized spacial score (nSPS) is 43.6. The number of hydrogen-bond donors (Lipinski definition) is 0. The molecule has 0 bridgehead atoms. The van der Waals surface area contributed by atoms with Crippen molar-refractivity contribution < 1.29 is 9.53 Å². The first-order chi connectivity index (χ1) is 15.8. The van der Waals surface area contributed by atoms with Gasteiger partial charge in [0.25, 0.3) is 0 Å². The van der Waals surface area contributed by atoms with Crippen LogP contribution in [0.4, 0.5) is 0 Å². The molecule has 34 heavy (non-hydrogen) atoms. The molecular weight excluding hydrogens is 416 g/mol. The Morgan fingerprint density at radius 2 is 1.76 bits per heavy atom. The van der Waals surface area contributed by atoms with E-state index in [0.29, 0.717) is 28.1 Å². The first-order valence-electron chi connectivity index (χ1n) is 14.3. The predicted molar refractivity (Wildman–Crippen MR) is 142 cm³/mol. The van der Waals surface area contributed by atoms with Crippen LogP contribution in [0.5, 0.6) is 0 Å². The van der Waals surface area contributed by atoms with E-state index in [1.807, 2.05) is 5.57 Å². The highest BCUT2D eigenvalue weighted by atomic mass is 16.5. The van der Waals surface area contributed by atoms with Gasteiger partial charge >= 0.3 is 5.97 Å². The molecule has 8 atom stereocenters. The Balaban J connectivity index is 1.61. The van der Waals surface area contributed by atoms with Gasteiger partial charge in [-0.05, 0) is 112 Å². The van der Waals surface area contributed by atoms with Crippen LogP contribution in [-0.2, 0) is 9.53 Å². The second-order valence-electron chi connectivity index (χ2n) is 14.2. The van der Waals surface area contributed by atoms with E-state index in [2.05, 4.69) is 67.5 Å². The number of ether oxygens (including phenoxy) is 1. The van der Waals surface area contributed by atoms with Gasteiger partial charge in [0.1, 0.15) is 6.10 Å². The lowest BCUT2D eigenvalue weighted by Crippen LogP contribution is -2.58. The van der Waals surface area contributed by atoms with Crippen molar-refractivity contribution >= 4 is 5.97 Å². The molecule has 0 aliphatic heterocycles. The molecule has 0 aromatic heterocycles. The summed E-state index contributed by atoms with van der Waals surface area (Å²) >= 11 is 0. The largest absolute Gasteiger partial charge is 0.462 e. The molecule has 3 saturated carbocycles. The van der Waals surface area contributed by atoms with Gasteiger partial charge in [0.05, 0.1) is 0 Å². The number of allylic oxidation sites excluding steroid dienone is 4. The zero-order valence-corrected chi connectivity index (χ0v) is 23.7. The summed E-state index contributed by atoms with van der Waals surface area (Å²) < 4.78 is 5.87. The van der Waals surface area contributed by atoms with Crippen molar-refractivity contribution in [2.24, 2.45) is 45.3 Å². The van der Waals surface area contributed by atoms with Crippen LogP contribution in [0.2, 0.25) is 0 Å². The third kappa shape index (κ3) is 3.85. The Kier molecular flexibility index (Phi) is 6.74. The minimum Gasteiger partial charge on any atom is -0.462 e. The second kappa shape index (κ2) is 8.81. The smallest absolute Gasteiger partial charge is 0.302 e. The van der Waals surface area contributed by atoms with Crippen LogP contribution >= 0.6 is 0 Å². The highest BCUT2D eigenvalue weighted by Gasteiger charge is 2.65. The van der Waals surface area contributed by atoms with Crippen LogP contribution in [0.25, 0.3) is 0 Å². The maximum Gasteiger partial charge on any atom is 0.302 e. The summed E-state index contributed by atoms with van der Waals surface area (Å²) in [6, 6.07) is 0. The van der Waals surface area contributed by atoms with E-state index in [9.17, 15) is 4.79 Å². The number of carbonyl (C=O) groups is 1. The number of hydrogen-bond acceptors (Lipinski definition) is 2. The molecule has 4 aliphatic carbocycles. The van der Waals surface area contributed by atoms with E-state index in [4.69, 9.17) is 4.74 Å². The SMILES string of the molecule is CC(=O)O[C@H]1CC[C@]2(C)[C@@H]3CC[C@@]4(C)[C@H]([C@@H](C)CCC=C(C)C)CC[C@]4(C)C3=CC[C@H]2C1(C)C. The van der Waals surface area contributed by atoms with Gasteiger partial charge in [-0.3, -0.25) is 4.79 Å². The van der Waals surface area contributed by atoms with Gasteiger partial charge in [0.15, 0.2) is 0 Å². The summed E-state index contributed by atoms with van der Waals surface area (Å²) in [5.41, 5.74) is 4.39. The highest BCUT2D eigenvalue weighted by Crippen LogP contribution is 2.73. The molecule has 0 spiro atoms. The number of fused-ring (bicyclic) bond motifs is 5. The van der Waals surface area contributed by atoms with E-state index in [1.165, 1.54) is 50.5 Å². The average molecular weight is 469 g/mol. The van der Waals surface area contributed by atoms with Gasteiger partial charge < -0.3 is 4.74 Å². The van der Waals surface area contributed by atoms with Crippen molar-refractivity contribution in [3.8, 4) is 0 Å². The van der Waals surface area contributed by atoms with E-state index in [0.717, 1.165) is 24.7 Å². The Bertz CT molecular complexity index is 860. The highest BCUT2D eigenvalue weighted by molar-refractivity contribution is 5.66. The first-order valence-corrected chi connectivity index (χ1v) is 14.3. The van der Waals surface area contributed by atoms with Crippen LogP contribution in [0, 0.1) is 45.3 Å². The topological polar surface area (TPSA) is 26.3 Å². The van der Waals surface area contributed by atoms with E-state index in [1.54, 1.807) is 6.92 Å². The van der Waals surface area contributed by atoms with Crippen molar-refractivity contribution in [1.82, 2.24) is 0 Å². The predicted octanol–water partition coefficient (Wildman–Crippen LogP) is 8.91. The fourth-order valence-electron chi connectivity index (χ4n) is 9.89. The van der Waals surface area contributed by atoms with Crippen molar-refractivity contribution in [1.29, 1.82) is 0 Å². The van der Waals surface area contributed by atoms with E-state index in [-0.39, 0.29) is 17.5 Å². The second-order valence-corrected chi connectivity index (χ2v) is 14.2. The molecule has 4 aliphatic rings. The summed E-state index contributed by atoms with van der Waals surface area (Å²) in [7, 11) is 0. The minimum absolute atomic E-state index is 0.0278. The van der Waals surface area contributed by atoms with E-state index < -0.39 is 0 Å². The third-order valence-corrected chi connectivity index (χ3v) is 12.0. The first kappa shape index (κ1) is 26.0. The summed E-state index contributed by atoms with van der Waals surface area (Å²) in [5, 5.41) is 0. The summed E-state index contributed by atoms with van der Waals surface area (Å²) in [6.45, 7) is 21.2. The van der Waals surface area contributed by atoms with Crippen molar-refractivity contribution in [3.05, 3.63) is 23.3 Å². The Labute approximate surface area is 210 Å². The summed E-state index contributed by atoms with van der Waals surface area (Å²) in [4.78, 5) is 11.8. The molecule has 192 valence electrons. The third-order valence-electron chi connectivity index (χ3n) is 12.0. The molecule has 0 amide bonds. The van der Waals surface area contributed by atoms with Crippen LogP contribution in [0.1, 0.15) is 120 Å². The van der Waals surface area contributed by atoms with Crippen molar-refractivity contribution in [3.63, 3.8) is 0 Å². The van der Waals surface area contributed by atoms with Gasteiger partial charge in [-0.2, -0.15) is 0 Å². The van der Waals surface area contributed by atoms with Gasteiger partial charge in [0.2, 0.25) is 0 Å². The molecule has 2 heteroatoms. The van der Waals surface area contributed by atoms with Gasteiger partial charge in [0, 0.05) is 12.3 Å². The zero-order chi connectivity index (χ0) is 25.1. The van der Waals surface area contributed by atoms with Gasteiger partial charge in [-0.1, -0.05) is 64.8 Å². The lowest BCUT2D eigenvalue weighted by Gasteiger charge is -2.64. The lowest BCUT2D eigenvalue weighted by atomic mass is 9.41. The quantitative estimate of drug-likeness (QED) is 0.297. The Morgan fingerprint density at radius 1 is 1.06 bits per heavy atom. The number of esters is 1. The lowest BCUT2D eigenvalue weighted by molar-refractivity contribution is -0.174. The van der Waals surface area contributed by atoms with E-state index >= 15 is 0 Å². The van der Waals surface area contributed by atoms with Crippen molar-refractivity contribution in [2.75, 3.05) is 0 Å². The maximum atomic E-state index is 11.8. The van der Waals surface area contributed by atoms with Crippen LogP contribution < -0.4 is 0 Å². The molecule has 3 fully saturated rings. The maximum absolute atomic E-state index is 11.8. The molecule has 0 unspecified atom stereocenters. The zero-order valence-electron chi connectivity index (χ0n) is 23.7. The molecule has 0 N–H and O–H groups in total. The van der Waals surface area contributed by atoms with Crippen LogP contribution in [0.15, 0.2) is 23.3 Å². The van der Waals surface area contributed by atoms with Crippen LogP contribution in [0.3, 0.4) is 0 Å². The molecule has 0 aromatic carbocycles. The summed E-state index contributed by atoms with van der Waals surface area (Å²) in [6.07, 6.45) is 16.6. The molecule has 0 heterocycles. The molecule has 0 radical (unpaired) electrons. The molecular formula is C32H52O2. The Morgan fingerprint density at radius 3 is 2.41 bits per heavy atom. The van der Waals surface area contributed by atoms with Gasteiger partial charge in [-0.15, -0.1) is 0 Å². The molecule has 0 saturated heterocycles. The fraction of sp³-hybridized carbons (Fsp3) is 0.844. The van der Waals surface area contributed by atoms with Crippen molar-refractivity contribution in [2.45, 2.75) is 126 Å². The molecule has 4 rings (SSSR count). The molecule has 0 aromatic rings. The average Bonchev–Trinajstić information content (AvgIpc) is 3.01. The number of carbonyl (C=O) groups excluding carboxylic acids is 1. The fourth-order valence-corrected chi connectivity index (χ4v) is 9.89. The monoisotopic (exact) mass is 468 g/mol. The summed E-state index contributed by atoms with van der Waals surface area (Å²) in [5.74, 6) is 2.79. The minimum atomic E-state index is -0.120. The Hall–Kier alpha value is -1.05. The number of rotatable bonds is 5.